The number of carbonyl (C=O) groups excluding carboxylic acids is 1. The number of allylic oxidation sites excluding steroid dienone is 3. The number of aryl methyl sites for hydroxylation is 1. The molecule has 3 unspecified atom stereocenters. The number of rotatable bonds is 14. The summed E-state index contributed by atoms with van der Waals surface area (Å²) < 4.78 is 21.2. The number of hydrazine groups is 1. The van der Waals surface area contributed by atoms with Crippen LogP contribution in [0.15, 0.2) is 103 Å². The van der Waals surface area contributed by atoms with Crippen LogP contribution in [-0.4, -0.2) is 88.9 Å². The summed E-state index contributed by atoms with van der Waals surface area (Å²) in [6.45, 7) is 23.3. The van der Waals surface area contributed by atoms with Crippen molar-refractivity contribution in [3.05, 3.63) is 114 Å². The number of carbonyl (C=O) groups is 1. The van der Waals surface area contributed by atoms with E-state index in [9.17, 15) is 14.3 Å². The molecule has 2 aromatic rings. The van der Waals surface area contributed by atoms with Crippen molar-refractivity contribution in [3.8, 4) is 5.75 Å². The van der Waals surface area contributed by atoms with Crippen LogP contribution in [0.2, 0.25) is 0 Å². The Bertz CT molecular complexity index is 1630. The highest BCUT2D eigenvalue weighted by Crippen LogP contribution is 2.35. The molecule has 4 rings (SSSR count). The van der Waals surface area contributed by atoms with Crippen LogP contribution in [0.5, 0.6) is 5.75 Å². The van der Waals surface area contributed by atoms with E-state index in [2.05, 4.69) is 65.4 Å². The zero-order chi connectivity index (χ0) is 37.2. The number of halogens is 1. The van der Waals surface area contributed by atoms with Crippen LogP contribution in [0, 0.1) is 18.7 Å². The summed E-state index contributed by atoms with van der Waals surface area (Å²) in [7, 11) is 1.61. The number of aliphatic hydroxyl groups is 1. The van der Waals surface area contributed by atoms with Crippen molar-refractivity contribution in [3.63, 3.8) is 0 Å². The molecule has 0 radical (unpaired) electrons. The Morgan fingerprint density at radius 3 is 2.49 bits per heavy atom. The molecule has 2 amide bonds. The number of ether oxygens (including phenoxy) is 1. The van der Waals surface area contributed by atoms with Gasteiger partial charge < -0.3 is 25.4 Å². The van der Waals surface area contributed by atoms with Crippen molar-refractivity contribution >= 4 is 30.2 Å². The number of hydrogen-bond acceptors (Lipinski definition) is 9. The third kappa shape index (κ3) is 9.29. The maximum absolute atomic E-state index is 14.3. The Kier molecular flexibility index (Phi) is 14.1. The molecule has 0 aliphatic carbocycles. The smallest absolute Gasteiger partial charge is 0.326 e. The topological polar surface area (TPSA) is 86.8 Å². The molecule has 12 heteroatoms. The van der Waals surface area contributed by atoms with Crippen molar-refractivity contribution in [1.29, 1.82) is 0 Å². The second-order valence-corrected chi connectivity index (χ2v) is 13.3. The number of urea groups is 1. The van der Waals surface area contributed by atoms with Gasteiger partial charge in [0.05, 0.1) is 30.8 Å². The van der Waals surface area contributed by atoms with Crippen molar-refractivity contribution in [2.75, 3.05) is 56.6 Å². The van der Waals surface area contributed by atoms with Crippen LogP contribution >= 0.6 is 12.8 Å². The summed E-state index contributed by atoms with van der Waals surface area (Å²) in [6, 6.07) is 10.4. The number of amides is 2. The molecule has 51 heavy (non-hydrogen) atoms. The van der Waals surface area contributed by atoms with Gasteiger partial charge in [0.25, 0.3) is 0 Å². The maximum Gasteiger partial charge on any atom is 0.326 e. The van der Waals surface area contributed by atoms with E-state index in [0.29, 0.717) is 42.5 Å². The lowest BCUT2D eigenvalue weighted by Crippen LogP contribution is -2.65. The maximum atomic E-state index is 14.3. The van der Waals surface area contributed by atoms with E-state index >= 15 is 0 Å². The molecule has 3 N–H and O–H groups in total. The van der Waals surface area contributed by atoms with Crippen molar-refractivity contribution in [1.82, 2.24) is 24.5 Å². The molecule has 0 bridgehead atoms. The van der Waals surface area contributed by atoms with Gasteiger partial charge >= 0.3 is 6.03 Å². The molecular weight excluding hydrogens is 666 g/mol. The average molecular weight is 720 g/mol. The van der Waals surface area contributed by atoms with Gasteiger partial charge in [-0.15, -0.1) is 0 Å². The summed E-state index contributed by atoms with van der Waals surface area (Å²) in [6.07, 6.45) is 7.58. The van der Waals surface area contributed by atoms with E-state index in [-0.39, 0.29) is 17.8 Å². The van der Waals surface area contributed by atoms with Crippen LogP contribution in [0.25, 0.3) is 0 Å². The Hall–Kier alpha value is -4.39. The van der Waals surface area contributed by atoms with Gasteiger partial charge in [0, 0.05) is 67.8 Å². The summed E-state index contributed by atoms with van der Waals surface area (Å²) in [4.78, 5) is 18.3. The zero-order valence-corrected chi connectivity index (χ0v) is 31.7. The first-order valence-corrected chi connectivity index (χ1v) is 17.9. The van der Waals surface area contributed by atoms with Crippen molar-refractivity contribution in [2.45, 2.75) is 53.2 Å². The van der Waals surface area contributed by atoms with Gasteiger partial charge in [-0.1, -0.05) is 51.1 Å². The zero-order valence-electron chi connectivity index (χ0n) is 30.8. The van der Waals surface area contributed by atoms with Crippen LogP contribution in [0.1, 0.15) is 39.7 Å². The van der Waals surface area contributed by atoms with Gasteiger partial charge in [-0.25, -0.2) is 14.2 Å². The molecular formula is C39H54FN7O3S. The van der Waals surface area contributed by atoms with Crippen molar-refractivity contribution in [2.24, 2.45) is 5.92 Å². The fraction of sp³-hybridized carbons (Fsp3) is 0.410. The minimum absolute atomic E-state index is 0.196. The van der Waals surface area contributed by atoms with Gasteiger partial charge in [0.15, 0.2) is 0 Å². The fourth-order valence-corrected chi connectivity index (χ4v) is 7.11. The second-order valence-electron chi connectivity index (χ2n) is 12.7. The predicted molar refractivity (Wildman–Crippen MR) is 209 cm³/mol. The largest absolute Gasteiger partial charge is 0.514 e. The van der Waals surface area contributed by atoms with Crippen LogP contribution in [-0.2, 0) is 0 Å². The minimum Gasteiger partial charge on any atom is -0.514 e. The van der Waals surface area contributed by atoms with Gasteiger partial charge in [-0.2, -0.15) is 0 Å². The lowest BCUT2D eigenvalue weighted by Gasteiger charge is -2.51. The highest BCUT2D eigenvalue weighted by Gasteiger charge is 2.40. The first-order valence-electron chi connectivity index (χ1n) is 17.5. The SMILES string of the molecule is C=C1NC(C(C)N(C(=O)Nc2ccc(F)cc2)c2ccc(OC)cc2C)N(N(CC)CCN(CC)/C(=C/O)C2CCN(S)C2)C(=C)/C1=C\C=C/C. The first kappa shape index (κ1) is 39.4. The Balaban J connectivity index is 1.74. The van der Waals surface area contributed by atoms with Crippen LogP contribution in [0.4, 0.5) is 20.6 Å². The number of thiol groups is 1. The molecule has 10 nitrogen and oxygen atoms in total. The predicted octanol–water partition coefficient (Wildman–Crippen LogP) is 7.46. The average Bonchev–Trinajstić information content (AvgIpc) is 3.55. The number of methoxy groups -OCH3 is 1. The molecule has 276 valence electrons. The summed E-state index contributed by atoms with van der Waals surface area (Å²) in [5, 5.41) is 21.3. The molecule has 2 aliphatic rings. The number of likely N-dealkylation sites (N-methyl/N-ethyl adjacent to an activating group) is 2. The van der Waals surface area contributed by atoms with E-state index in [0.717, 1.165) is 48.6 Å². The highest BCUT2D eigenvalue weighted by molar-refractivity contribution is 7.77. The normalized spacial score (nSPS) is 19.9. The number of nitrogens with one attached hydrogen (secondary N) is 2. The Morgan fingerprint density at radius 1 is 1.20 bits per heavy atom. The molecule has 2 saturated heterocycles. The van der Waals surface area contributed by atoms with Crippen LogP contribution < -0.4 is 20.3 Å². The molecule has 0 aromatic heterocycles. The summed E-state index contributed by atoms with van der Waals surface area (Å²) in [5.41, 5.74) is 5.17. The third-order valence-corrected chi connectivity index (χ3v) is 9.92. The number of anilines is 2. The number of aliphatic hydroxyl groups excluding tert-OH is 1. The van der Waals surface area contributed by atoms with E-state index < -0.39 is 12.2 Å². The second kappa shape index (κ2) is 18.2. The van der Waals surface area contributed by atoms with Gasteiger partial charge in [-0.05, 0) is 82.1 Å². The Morgan fingerprint density at radius 2 is 1.92 bits per heavy atom. The number of benzene rings is 2. The number of nitrogens with zero attached hydrogens (tertiary/aromatic N) is 5. The van der Waals surface area contributed by atoms with Crippen LogP contribution in [0.3, 0.4) is 0 Å². The minimum atomic E-state index is -0.501. The fourth-order valence-electron chi connectivity index (χ4n) is 6.79. The van der Waals surface area contributed by atoms with E-state index in [1.54, 1.807) is 12.0 Å². The molecule has 0 saturated carbocycles. The van der Waals surface area contributed by atoms with E-state index in [1.165, 1.54) is 30.5 Å². The first-order chi connectivity index (χ1) is 24.5. The summed E-state index contributed by atoms with van der Waals surface area (Å²) in [5.74, 6) is 0.482. The molecule has 2 aliphatic heterocycles. The van der Waals surface area contributed by atoms with E-state index in [4.69, 9.17) is 4.74 Å². The van der Waals surface area contributed by atoms with Gasteiger partial charge in [0.1, 0.15) is 17.7 Å². The quantitative estimate of drug-likeness (QED) is 0.118. The van der Waals surface area contributed by atoms with Gasteiger partial charge in [0.2, 0.25) is 0 Å². The molecule has 2 aromatic carbocycles. The summed E-state index contributed by atoms with van der Waals surface area (Å²) >= 11 is 4.54. The monoisotopic (exact) mass is 719 g/mol. The standard InChI is InChI=1S/C39H54FN7O3S/c1-9-12-13-35-28(5)41-38(47(29(35)6)44(11-3)23-22-43(10-2)37(26-48)31-20-21-45(51)25-31)30(7)46(36-19-18-34(50-8)24-27(36)4)39(49)42-33-16-14-32(40)15-17-33/h9,12-19,24,26,30-31,38,41,48,51H,5-6,10-11,20-23,25H2,1-4,7-8H3,(H,42,49)/b12-9-,35-13-,37-26+. The third-order valence-electron chi connectivity index (χ3n) is 9.56. The van der Waals surface area contributed by atoms with Crippen molar-refractivity contribution < 1.29 is 19.0 Å². The molecule has 3 atom stereocenters. The molecule has 2 heterocycles. The number of hydrogen-bond donors (Lipinski definition) is 4. The van der Waals surface area contributed by atoms with E-state index in [1.807, 2.05) is 61.5 Å². The Labute approximate surface area is 308 Å². The highest BCUT2D eigenvalue weighted by atomic mass is 32.1. The molecule has 0 spiro atoms. The lowest BCUT2D eigenvalue weighted by molar-refractivity contribution is -0.0461. The molecule has 2 fully saturated rings. The van der Waals surface area contributed by atoms with Gasteiger partial charge in [-0.3, -0.25) is 14.2 Å². The lowest BCUT2D eigenvalue weighted by atomic mass is 10.0.